The zero-order chi connectivity index (χ0) is 84.5. The second-order valence-corrected chi connectivity index (χ2v) is 32.4. The number of nitrogens with zero attached hydrogens (tertiary/aromatic N) is 2. The van der Waals surface area contributed by atoms with Crippen molar-refractivity contribution in [3.8, 4) is 5.75 Å². The molecule has 0 saturated carbocycles. The molecule has 31 rings (SSSR count). The minimum Gasteiger partial charge on any atom is -0.508 e. The number of amides is 2. The molecule has 35 atom stereocenters. The largest absolute Gasteiger partial charge is 0.508 e. The van der Waals surface area contributed by atoms with Crippen LogP contribution < -0.4 is 26.6 Å². The second kappa shape index (κ2) is 36.4. The summed E-state index contributed by atoms with van der Waals surface area (Å²) < 4.78 is 84.1. The molecule has 2 amide bonds. The number of carbonyl (C=O) groups is 2. The van der Waals surface area contributed by atoms with Crippen LogP contribution in [0.3, 0.4) is 0 Å². The number of aliphatic hydroxyl groups excluding tert-OH is 19. The number of ether oxygens (including phenoxy) is 14. The standard InChI is InChI=1S/C75H93N7O36S2/c83-17-37-62-50(93)57(100)73(109-37)116-64-39(19-85)107-71(55(98)48(64)91)112-60-35-13-79-67(103)33-22-119-42(81-33)15-77-31-11-32(30-8-4-26-10-27(76-12-24-1-5-28(88)6-2-24)9-25-3-7-29(31)45(30)44(25)26)78-16-43-82-34(23-120-43)68(104)80-14-36-61(46(89)53(96)69(105-36)114-62)113-72-56(99)49(92)65(40(20-86)108-72)117-75-59(102)52(95)66(41(21-87)111-75)118-74-58(101)51(94)63(38(18-84)110-74)115-70(106-35)54(97)47(60)90/h1-11,22-23,35-41,46-66,69-78,83-102H,12-21H2,(H,79,103)(H,80,104)/t35?,36?,37?,38?,39?,40?,41?,46?,47?,48?,49?,50?,51?,52?,53?,54?,55?,56?,57?,58?,59?,60-,61-,62-,63-,64-,65-,66-,69-,70-,71-,72-,73-,74-,75-/m1/s1. The van der Waals surface area contributed by atoms with Gasteiger partial charge in [0.15, 0.2) is 44.0 Å². The first-order valence-electron chi connectivity index (χ1n) is 38.7. The van der Waals surface area contributed by atoms with Gasteiger partial charge in [-0.3, -0.25) is 9.59 Å². The van der Waals surface area contributed by atoms with Crippen LogP contribution in [-0.2, 0) is 86.0 Å². The molecule has 21 saturated heterocycles. The van der Waals surface area contributed by atoms with Gasteiger partial charge in [-0.15, -0.1) is 22.7 Å². The molecule has 2 aromatic heterocycles. The minimum atomic E-state index is -2.32. The molecular weight excluding hydrogens is 1640 g/mol. The Labute approximate surface area is 686 Å². The van der Waals surface area contributed by atoms with Crippen LogP contribution in [-0.4, -0.2) is 385 Å². The topological polar surface area (TPSA) is 654 Å². The Bertz CT molecular complexity index is 4500. The lowest BCUT2D eigenvalue weighted by Crippen LogP contribution is -2.68. The number of phenolic OH excluding ortho intramolecular Hbond substituents is 1. The molecule has 25 N–H and O–H groups in total. The molecule has 43 nitrogen and oxygen atoms in total. The van der Waals surface area contributed by atoms with Crippen LogP contribution in [0.4, 0.5) is 17.1 Å². The average molecular weight is 1730 g/mol. The van der Waals surface area contributed by atoms with Crippen molar-refractivity contribution in [2.45, 2.75) is 235 Å². The second-order valence-electron chi connectivity index (χ2n) is 30.6. The quantitative estimate of drug-likeness (QED) is 0.0629. The highest BCUT2D eigenvalue weighted by molar-refractivity contribution is 7.10. The number of benzene rings is 5. The Morgan fingerprint density at radius 3 is 0.992 bits per heavy atom. The van der Waals surface area contributed by atoms with Crippen LogP contribution in [0.25, 0.3) is 32.3 Å². The maximum atomic E-state index is 14.5. The van der Waals surface area contributed by atoms with E-state index in [1.165, 1.54) is 10.8 Å². The van der Waals surface area contributed by atoms with Crippen LogP contribution in [0.5, 0.6) is 5.75 Å². The van der Waals surface area contributed by atoms with Gasteiger partial charge in [0.05, 0.1) is 46.1 Å². The molecule has 22 bridgehead atoms. The van der Waals surface area contributed by atoms with Crippen molar-refractivity contribution in [2.75, 3.05) is 62.1 Å². The van der Waals surface area contributed by atoms with E-state index in [0.717, 1.165) is 66.2 Å². The van der Waals surface area contributed by atoms with Crippen LogP contribution in [0.2, 0.25) is 0 Å². The third-order valence-electron chi connectivity index (χ3n) is 22.9. The number of hydrogen-bond acceptors (Lipinski definition) is 43. The summed E-state index contributed by atoms with van der Waals surface area (Å²) in [5.74, 6) is -1.61. The average Bonchev–Trinajstić information content (AvgIpc) is 0.744. The van der Waals surface area contributed by atoms with Crippen LogP contribution in [0, 0.1) is 0 Å². The lowest BCUT2D eigenvalue weighted by Gasteiger charge is -2.50. The van der Waals surface area contributed by atoms with Gasteiger partial charge in [-0.1, -0.05) is 36.4 Å². The third-order valence-corrected chi connectivity index (χ3v) is 24.6. The number of nitrogens with one attached hydrogen (secondary N) is 5. The summed E-state index contributed by atoms with van der Waals surface area (Å²) >= 11 is 2.17. The molecule has 24 aliphatic rings. The zero-order valence-electron chi connectivity index (χ0n) is 63.0. The number of aromatic hydroxyl groups is 1. The van der Waals surface area contributed by atoms with Gasteiger partial charge in [-0.25, -0.2) is 9.97 Å². The fourth-order valence-electron chi connectivity index (χ4n) is 16.5. The monoisotopic (exact) mass is 1730 g/mol. The van der Waals surface area contributed by atoms with Crippen LogP contribution in [0.15, 0.2) is 77.5 Å². The molecule has 45 heteroatoms. The number of aliphatic hydroxyl groups is 19. The fraction of sp³-hybridized carbons (Fsp3) is 0.600. The maximum absolute atomic E-state index is 14.5. The molecule has 656 valence electrons. The number of hydrogen-bond donors (Lipinski definition) is 25. The molecule has 24 aliphatic heterocycles. The van der Waals surface area contributed by atoms with E-state index in [0.29, 0.717) is 27.9 Å². The summed E-state index contributed by atoms with van der Waals surface area (Å²) in [5, 5.41) is 255. The molecule has 120 heavy (non-hydrogen) atoms. The fourth-order valence-corrected chi connectivity index (χ4v) is 17.9. The van der Waals surface area contributed by atoms with E-state index in [1.807, 2.05) is 54.6 Å². The van der Waals surface area contributed by atoms with Crippen molar-refractivity contribution < 1.29 is 178 Å². The van der Waals surface area contributed by atoms with Crippen molar-refractivity contribution in [1.82, 2.24) is 20.6 Å². The molecule has 0 aliphatic carbocycles. The predicted octanol–water partition coefficient (Wildman–Crippen LogP) is -7.69. The Kier molecular flexibility index (Phi) is 26.3. The predicted molar refractivity (Wildman–Crippen MR) is 403 cm³/mol. The molecule has 7 aromatic rings. The van der Waals surface area contributed by atoms with E-state index in [-0.39, 0.29) is 30.2 Å². The highest BCUT2D eigenvalue weighted by Gasteiger charge is 2.60. The Morgan fingerprint density at radius 2 is 0.667 bits per heavy atom. The minimum absolute atomic E-state index is 0.0147. The summed E-state index contributed by atoms with van der Waals surface area (Å²) in [6.45, 7) is -6.54. The van der Waals surface area contributed by atoms with Crippen LogP contribution >= 0.6 is 22.7 Å². The number of thiazole rings is 2. The number of carbonyl (C=O) groups excluding carboxylic acids is 2. The van der Waals surface area contributed by atoms with E-state index in [1.54, 1.807) is 12.1 Å². The molecular formula is C75H93N7O36S2. The summed E-state index contributed by atoms with van der Waals surface area (Å²) in [6, 6.07) is 20.6. The smallest absolute Gasteiger partial charge is 0.270 e. The highest BCUT2D eigenvalue weighted by atomic mass is 32.1. The Hall–Kier alpha value is -6.78. The summed E-state index contributed by atoms with van der Waals surface area (Å²) in [5.41, 5.74) is 2.61. The van der Waals surface area contributed by atoms with E-state index in [9.17, 15) is 112 Å². The maximum Gasteiger partial charge on any atom is 0.270 e. The summed E-state index contributed by atoms with van der Waals surface area (Å²) in [4.78, 5) is 38.2. The first-order valence-corrected chi connectivity index (χ1v) is 40.4. The van der Waals surface area contributed by atoms with Crippen LogP contribution in [0.1, 0.15) is 36.6 Å². The van der Waals surface area contributed by atoms with Crippen molar-refractivity contribution >= 4 is 83.9 Å². The van der Waals surface area contributed by atoms with Gasteiger partial charge < -0.3 is 195 Å². The van der Waals surface area contributed by atoms with Crippen molar-refractivity contribution in [1.29, 1.82) is 0 Å². The normalized spacial score (nSPS) is 40.8. The van der Waals surface area contributed by atoms with Gasteiger partial charge in [0.25, 0.3) is 11.8 Å². The summed E-state index contributed by atoms with van der Waals surface area (Å²) in [6.07, 6.45) is -73.7. The third kappa shape index (κ3) is 17.0. The first kappa shape index (κ1) is 86.7. The van der Waals surface area contributed by atoms with Gasteiger partial charge in [-0.2, -0.15) is 0 Å². The van der Waals surface area contributed by atoms with Crippen molar-refractivity contribution in [3.63, 3.8) is 0 Å². The SMILES string of the molecule is O=C1NCC2O[C@@H]3O[C@@H]4C(CO)O[C@H](O[C@@H]5C(CO)O[C@H](O[C@@H]6C(CNC(=O)c7csc(n7)CNc7cc(c8ccc9cc(NCc%10ccc(O)cc%10)cc%10ccc7c8c9%10)NCc7nc1cs7)O[C@H](O[C@@H]1C(CO)O[C@H](O[C@@H]7C(CO)O[C@H](O[C@@H]8C(CO)O[C@H](O[C@H]2C(O)C3O)C(O)C8O)C(O)C7O)C(O)C1O)C(O)C6O)C(O)C5O)C(O)C4O. The molecule has 21 unspecified atom stereocenters. The molecule has 21 fully saturated rings. The Morgan fingerprint density at radius 1 is 0.358 bits per heavy atom. The number of aromatic nitrogens is 2. The Balaban J connectivity index is 0.774. The zero-order valence-corrected chi connectivity index (χ0v) is 64.6. The van der Waals surface area contributed by atoms with Gasteiger partial charge in [0.2, 0.25) is 0 Å². The lowest BCUT2D eigenvalue weighted by molar-refractivity contribution is -0.395. The van der Waals surface area contributed by atoms with E-state index < -0.39 is 273 Å². The van der Waals surface area contributed by atoms with E-state index in [2.05, 4.69) is 36.6 Å². The van der Waals surface area contributed by atoms with Gasteiger partial charge in [0.1, 0.15) is 198 Å². The van der Waals surface area contributed by atoms with E-state index in [4.69, 9.17) is 66.3 Å². The van der Waals surface area contributed by atoms with Gasteiger partial charge in [0, 0.05) is 63.6 Å². The van der Waals surface area contributed by atoms with Gasteiger partial charge >= 0.3 is 0 Å². The highest BCUT2D eigenvalue weighted by Crippen LogP contribution is 2.45. The van der Waals surface area contributed by atoms with Gasteiger partial charge in [-0.05, 0) is 52.1 Å². The van der Waals surface area contributed by atoms with E-state index >= 15 is 0 Å². The molecule has 5 aromatic carbocycles. The van der Waals surface area contributed by atoms with Crippen molar-refractivity contribution in [2.24, 2.45) is 0 Å². The first-order chi connectivity index (χ1) is 57.7. The lowest BCUT2D eigenvalue weighted by atomic mass is 9.92. The number of rotatable bonds is 8. The number of phenols is 1. The molecule has 0 spiro atoms. The summed E-state index contributed by atoms with van der Waals surface area (Å²) in [7, 11) is 0. The van der Waals surface area contributed by atoms with Crippen molar-refractivity contribution in [3.05, 3.63) is 104 Å². The molecule has 26 heterocycles. The number of anilines is 3. The molecule has 0 radical (unpaired) electrons.